The van der Waals surface area contributed by atoms with Gasteiger partial charge in [-0.05, 0) is 43.0 Å². The normalized spacial score (nSPS) is 15.2. The van der Waals surface area contributed by atoms with Gasteiger partial charge in [0.05, 0.1) is 0 Å². The fourth-order valence-corrected chi connectivity index (χ4v) is 1.59. The fourth-order valence-electron chi connectivity index (χ4n) is 1.24. The highest BCUT2D eigenvalue weighted by Crippen LogP contribution is 2.30. The number of amides is 1. The van der Waals surface area contributed by atoms with Crippen LogP contribution in [0.3, 0.4) is 0 Å². The van der Waals surface area contributed by atoms with E-state index in [4.69, 9.17) is 5.14 Å². The van der Waals surface area contributed by atoms with Crippen LogP contribution in [-0.2, 0) is 4.79 Å². The van der Waals surface area contributed by atoms with Gasteiger partial charge in [0.1, 0.15) is 0 Å². The average Bonchev–Trinajstić information content (AvgIpc) is 3.01. The number of carbonyl (C=O) groups is 1. The Bertz CT molecular complexity index is 350. The lowest BCUT2D eigenvalue weighted by molar-refractivity contribution is -0.117. The molecule has 0 spiro atoms. The van der Waals surface area contributed by atoms with Gasteiger partial charge in [-0.25, -0.2) is 0 Å². The molecule has 1 saturated carbocycles. The van der Waals surface area contributed by atoms with Gasteiger partial charge in [-0.1, -0.05) is 6.07 Å². The molecule has 1 aromatic carbocycles. The maximum atomic E-state index is 11.4. The molecule has 0 heterocycles. The molecule has 1 fully saturated rings. The average molecular weight is 208 g/mol. The minimum atomic E-state index is 0.129. The zero-order valence-electron chi connectivity index (χ0n) is 7.69. The van der Waals surface area contributed by atoms with Crippen LogP contribution in [0.2, 0.25) is 0 Å². The molecule has 0 saturated heterocycles. The third kappa shape index (κ3) is 2.27. The van der Waals surface area contributed by atoms with E-state index in [-0.39, 0.29) is 11.8 Å². The van der Waals surface area contributed by atoms with Gasteiger partial charge < -0.3 is 5.32 Å². The summed E-state index contributed by atoms with van der Waals surface area (Å²) in [6.45, 7) is 0. The number of hydrogen-bond acceptors (Lipinski definition) is 3. The van der Waals surface area contributed by atoms with Gasteiger partial charge >= 0.3 is 0 Å². The predicted molar refractivity (Wildman–Crippen MR) is 57.8 cm³/mol. The lowest BCUT2D eigenvalue weighted by Gasteiger charge is -2.04. The summed E-state index contributed by atoms with van der Waals surface area (Å²) in [6, 6.07) is 7.56. The number of anilines is 1. The molecule has 0 atom stereocenters. The highest BCUT2D eigenvalue weighted by atomic mass is 32.2. The van der Waals surface area contributed by atoms with Crippen LogP contribution in [0.1, 0.15) is 12.8 Å². The Kier molecular flexibility index (Phi) is 2.74. The SMILES string of the molecule is NSc1cccc(NC(=O)C2CC2)c1. The van der Waals surface area contributed by atoms with Crippen molar-refractivity contribution in [1.82, 2.24) is 0 Å². The van der Waals surface area contributed by atoms with Crippen LogP contribution in [0.15, 0.2) is 29.2 Å². The maximum Gasteiger partial charge on any atom is 0.227 e. The van der Waals surface area contributed by atoms with E-state index in [9.17, 15) is 4.79 Å². The van der Waals surface area contributed by atoms with Crippen molar-refractivity contribution in [3.8, 4) is 0 Å². The van der Waals surface area contributed by atoms with Gasteiger partial charge in [0.2, 0.25) is 5.91 Å². The van der Waals surface area contributed by atoms with Gasteiger partial charge in [0.25, 0.3) is 0 Å². The van der Waals surface area contributed by atoms with E-state index in [1.54, 1.807) is 0 Å². The van der Waals surface area contributed by atoms with E-state index < -0.39 is 0 Å². The fraction of sp³-hybridized carbons (Fsp3) is 0.300. The first-order valence-corrected chi connectivity index (χ1v) is 5.45. The smallest absolute Gasteiger partial charge is 0.227 e. The summed E-state index contributed by atoms with van der Waals surface area (Å²) >= 11 is 1.18. The molecule has 14 heavy (non-hydrogen) atoms. The first-order chi connectivity index (χ1) is 6.79. The Morgan fingerprint density at radius 3 is 2.93 bits per heavy atom. The number of nitrogens with one attached hydrogen (secondary N) is 1. The molecule has 1 aromatic rings. The van der Waals surface area contributed by atoms with Gasteiger partial charge in [-0.3, -0.25) is 9.93 Å². The molecule has 74 valence electrons. The molecule has 0 bridgehead atoms. The summed E-state index contributed by atoms with van der Waals surface area (Å²) in [5, 5.41) is 8.30. The summed E-state index contributed by atoms with van der Waals surface area (Å²) < 4.78 is 0. The van der Waals surface area contributed by atoms with Gasteiger partial charge in [-0.2, -0.15) is 0 Å². The predicted octanol–water partition coefficient (Wildman–Crippen LogP) is 2.00. The second-order valence-corrected chi connectivity index (χ2v) is 4.12. The van der Waals surface area contributed by atoms with Crippen molar-refractivity contribution >= 4 is 23.5 Å². The first-order valence-electron chi connectivity index (χ1n) is 4.57. The summed E-state index contributed by atoms with van der Waals surface area (Å²) in [6.07, 6.45) is 2.05. The Balaban J connectivity index is 2.04. The molecular weight excluding hydrogens is 196 g/mol. The van der Waals surface area contributed by atoms with Crippen molar-refractivity contribution in [2.75, 3.05) is 5.32 Å². The highest BCUT2D eigenvalue weighted by Gasteiger charge is 2.29. The van der Waals surface area contributed by atoms with Crippen molar-refractivity contribution in [3.63, 3.8) is 0 Å². The van der Waals surface area contributed by atoms with Crippen LogP contribution >= 0.6 is 11.9 Å². The molecule has 0 aromatic heterocycles. The second-order valence-electron chi connectivity index (χ2n) is 3.41. The molecule has 3 N–H and O–H groups in total. The number of rotatable bonds is 3. The van der Waals surface area contributed by atoms with Crippen LogP contribution in [0.25, 0.3) is 0 Å². The van der Waals surface area contributed by atoms with E-state index in [1.165, 1.54) is 11.9 Å². The number of hydrogen-bond donors (Lipinski definition) is 2. The molecule has 1 aliphatic carbocycles. The highest BCUT2D eigenvalue weighted by molar-refractivity contribution is 7.97. The molecule has 3 nitrogen and oxygen atoms in total. The monoisotopic (exact) mass is 208 g/mol. The Morgan fingerprint density at radius 1 is 1.50 bits per heavy atom. The van der Waals surface area contributed by atoms with Crippen LogP contribution in [-0.4, -0.2) is 5.91 Å². The molecule has 1 aliphatic rings. The van der Waals surface area contributed by atoms with E-state index >= 15 is 0 Å². The topological polar surface area (TPSA) is 55.1 Å². The van der Waals surface area contributed by atoms with Crippen LogP contribution in [0, 0.1) is 5.92 Å². The van der Waals surface area contributed by atoms with Crippen LogP contribution in [0.4, 0.5) is 5.69 Å². The molecular formula is C10H12N2OS. The molecule has 4 heteroatoms. The largest absolute Gasteiger partial charge is 0.326 e. The van der Waals surface area contributed by atoms with Crippen LogP contribution in [0.5, 0.6) is 0 Å². The Morgan fingerprint density at radius 2 is 2.29 bits per heavy atom. The maximum absolute atomic E-state index is 11.4. The lowest BCUT2D eigenvalue weighted by Crippen LogP contribution is -2.13. The molecule has 0 radical (unpaired) electrons. The third-order valence-electron chi connectivity index (χ3n) is 2.19. The van der Waals surface area contributed by atoms with Crippen molar-refractivity contribution in [3.05, 3.63) is 24.3 Å². The third-order valence-corrected chi connectivity index (χ3v) is 2.71. The molecule has 0 aliphatic heterocycles. The summed E-state index contributed by atoms with van der Waals surface area (Å²) in [7, 11) is 0. The van der Waals surface area contributed by atoms with Gasteiger partial charge in [0.15, 0.2) is 0 Å². The molecule has 0 unspecified atom stereocenters. The van der Waals surface area contributed by atoms with E-state index in [0.29, 0.717) is 0 Å². The Hall–Kier alpha value is -1.00. The zero-order chi connectivity index (χ0) is 9.97. The van der Waals surface area contributed by atoms with Gasteiger partial charge in [-0.15, -0.1) is 0 Å². The van der Waals surface area contributed by atoms with E-state index in [1.807, 2.05) is 24.3 Å². The summed E-state index contributed by atoms with van der Waals surface area (Å²) in [5.74, 6) is 0.369. The van der Waals surface area contributed by atoms with Gasteiger partial charge in [0, 0.05) is 16.5 Å². The summed E-state index contributed by atoms with van der Waals surface area (Å²) in [4.78, 5) is 12.4. The molecule has 1 amide bonds. The molecule has 2 rings (SSSR count). The van der Waals surface area contributed by atoms with Crippen molar-refractivity contribution < 1.29 is 4.79 Å². The standard InChI is InChI=1S/C10H12N2OS/c11-14-9-3-1-2-8(6-9)12-10(13)7-4-5-7/h1-3,6-7H,4-5,11H2,(H,12,13). The van der Waals surface area contributed by atoms with Crippen molar-refractivity contribution in [1.29, 1.82) is 0 Å². The zero-order valence-corrected chi connectivity index (χ0v) is 8.51. The number of benzene rings is 1. The quantitative estimate of drug-likeness (QED) is 0.747. The second kappa shape index (κ2) is 4.02. The van der Waals surface area contributed by atoms with E-state index in [0.717, 1.165) is 23.4 Å². The van der Waals surface area contributed by atoms with Crippen molar-refractivity contribution in [2.45, 2.75) is 17.7 Å². The van der Waals surface area contributed by atoms with E-state index in [2.05, 4.69) is 5.32 Å². The minimum absolute atomic E-state index is 0.129. The van der Waals surface area contributed by atoms with Crippen LogP contribution < -0.4 is 10.5 Å². The first kappa shape index (κ1) is 9.55. The lowest BCUT2D eigenvalue weighted by atomic mass is 10.3. The number of nitrogens with two attached hydrogens (primary N) is 1. The summed E-state index contributed by atoms with van der Waals surface area (Å²) in [5.41, 5.74) is 0.831. The van der Waals surface area contributed by atoms with Crippen molar-refractivity contribution in [2.24, 2.45) is 11.1 Å². The Labute approximate surface area is 87.2 Å². The number of carbonyl (C=O) groups excluding carboxylic acids is 1. The minimum Gasteiger partial charge on any atom is -0.326 e.